The van der Waals surface area contributed by atoms with Crippen molar-refractivity contribution in [2.45, 2.75) is 69.5 Å². The summed E-state index contributed by atoms with van der Waals surface area (Å²) in [4.78, 5) is 10.9. The van der Waals surface area contributed by atoms with Crippen LogP contribution in [0, 0.1) is 5.92 Å². The number of hydrogen-bond donors (Lipinski definition) is 3. The molecular weight excluding hydrogens is 316 g/mol. The van der Waals surface area contributed by atoms with E-state index in [1.165, 1.54) is 5.56 Å². The summed E-state index contributed by atoms with van der Waals surface area (Å²) < 4.78 is 0. The van der Waals surface area contributed by atoms with Gasteiger partial charge in [0.05, 0.1) is 18.1 Å². The molecule has 4 nitrogen and oxygen atoms in total. The zero-order valence-electron chi connectivity index (χ0n) is 14.8. The van der Waals surface area contributed by atoms with Gasteiger partial charge in [-0.1, -0.05) is 48.9 Å². The molecule has 0 aliphatic heterocycles. The Bertz CT molecular complexity index is 554. The van der Waals surface area contributed by atoms with Gasteiger partial charge >= 0.3 is 5.97 Å². The van der Waals surface area contributed by atoms with Crippen LogP contribution in [-0.4, -0.2) is 33.0 Å². The molecule has 0 saturated heterocycles. The fraction of sp³-hybridized carbons (Fsp3) is 0.571. The van der Waals surface area contributed by atoms with Crippen molar-refractivity contribution >= 4 is 5.97 Å². The summed E-state index contributed by atoms with van der Waals surface area (Å²) in [5.41, 5.74) is 0.229. The third kappa shape index (κ3) is 7.41. The van der Waals surface area contributed by atoms with Crippen LogP contribution in [0.1, 0.15) is 56.9 Å². The Hall–Kier alpha value is -1.65. The molecule has 138 valence electrons. The van der Waals surface area contributed by atoms with Crippen LogP contribution in [0.5, 0.6) is 0 Å². The molecule has 0 radical (unpaired) electrons. The lowest BCUT2D eigenvalue weighted by Gasteiger charge is -2.34. The number of carboxylic acids is 1. The van der Waals surface area contributed by atoms with E-state index in [4.69, 9.17) is 5.11 Å². The van der Waals surface area contributed by atoms with Crippen LogP contribution in [0.15, 0.2) is 42.5 Å². The van der Waals surface area contributed by atoms with Crippen LogP contribution in [0.3, 0.4) is 0 Å². The molecule has 0 amide bonds. The van der Waals surface area contributed by atoms with E-state index < -0.39 is 17.7 Å². The molecule has 1 fully saturated rings. The first-order valence-electron chi connectivity index (χ1n) is 9.31. The quantitative estimate of drug-likeness (QED) is 0.470. The first kappa shape index (κ1) is 19.7. The molecule has 2 rings (SSSR count). The van der Waals surface area contributed by atoms with E-state index in [0.717, 1.165) is 38.5 Å². The van der Waals surface area contributed by atoms with Crippen molar-refractivity contribution in [3.63, 3.8) is 0 Å². The molecule has 25 heavy (non-hydrogen) atoms. The van der Waals surface area contributed by atoms with Gasteiger partial charge in [0.15, 0.2) is 0 Å². The maximum absolute atomic E-state index is 10.9. The van der Waals surface area contributed by atoms with Crippen LogP contribution in [-0.2, 0) is 11.2 Å². The van der Waals surface area contributed by atoms with Crippen LogP contribution in [0.25, 0.3) is 0 Å². The number of carboxylic acid groups (broad SMARTS) is 1. The summed E-state index contributed by atoms with van der Waals surface area (Å²) in [7, 11) is 0. The number of allylic oxidation sites excluding steroid dienone is 1. The molecule has 1 aliphatic carbocycles. The number of carbonyl (C=O) groups is 1. The fourth-order valence-electron chi connectivity index (χ4n) is 3.70. The topological polar surface area (TPSA) is 77.8 Å². The fourth-order valence-corrected chi connectivity index (χ4v) is 3.70. The first-order valence-corrected chi connectivity index (χ1v) is 9.31. The van der Waals surface area contributed by atoms with E-state index in [9.17, 15) is 15.0 Å². The molecule has 0 aromatic heterocycles. The third-order valence-corrected chi connectivity index (χ3v) is 5.00. The second-order valence-electron chi connectivity index (χ2n) is 7.33. The Labute approximate surface area is 150 Å². The van der Waals surface area contributed by atoms with Gasteiger partial charge in [-0.3, -0.25) is 4.79 Å². The van der Waals surface area contributed by atoms with Gasteiger partial charge in [0.25, 0.3) is 0 Å². The highest BCUT2D eigenvalue weighted by Gasteiger charge is 2.35. The maximum Gasteiger partial charge on any atom is 0.306 e. The minimum atomic E-state index is -1.10. The van der Waals surface area contributed by atoms with Gasteiger partial charge in [0.1, 0.15) is 0 Å². The summed E-state index contributed by atoms with van der Waals surface area (Å²) in [6, 6.07) is 10.3. The standard InChI is InChI=1S/C21H30O4/c22-19(11-5-4-9-17-7-2-1-3-8-17)13-12-18-10-6-14-21(25,15-18)16-20(23)24/h1-3,7-8,12-13,18-19,22,25H,4-6,9-11,14-16H2,(H,23,24)/b13-12+/t18-,19?,21+/m1/s1. The smallest absolute Gasteiger partial charge is 0.306 e. The number of hydrogen-bond acceptors (Lipinski definition) is 3. The number of rotatable bonds is 9. The van der Waals surface area contributed by atoms with E-state index in [0.29, 0.717) is 12.8 Å². The Kier molecular flexibility index (Phi) is 7.66. The number of aliphatic hydroxyl groups excluding tert-OH is 1. The molecule has 0 heterocycles. The van der Waals surface area contributed by atoms with Gasteiger partial charge in [0, 0.05) is 0 Å². The lowest BCUT2D eigenvalue weighted by molar-refractivity contribution is -0.144. The summed E-state index contributed by atoms with van der Waals surface area (Å²) in [6.07, 6.45) is 9.69. The van der Waals surface area contributed by atoms with Gasteiger partial charge in [-0.05, 0) is 56.4 Å². The van der Waals surface area contributed by atoms with Gasteiger partial charge in [-0.15, -0.1) is 0 Å². The average Bonchev–Trinajstić information content (AvgIpc) is 2.57. The molecule has 0 bridgehead atoms. The lowest BCUT2D eigenvalue weighted by atomic mass is 9.76. The van der Waals surface area contributed by atoms with Crippen molar-refractivity contribution in [3.8, 4) is 0 Å². The molecule has 3 N–H and O–H groups in total. The van der Waals surface area contributed by atoms with E-state index in [-0.39, 0.29) is 12.3 Å². The number of benzene rings is 1. The summed E-state index contributed by atoms with van der Waals surface area (Å²) in [6.45, 7) is 0. The van der Waals surface area contributed by atoms with E-state index in [1.54, 1.807) is 0 Å². The number of aliphatic hydroxyl groups is 2. The second-order valence-corrected chi connectivity index (χ2v) is 7.33. The zero-order valence-corrected chi connectivity index (χ0v) is 14.8. The van der Waals surface area contributed by atoms with Gasteiger partial charge < -0.3 is 15.3 Å². The number of unbranched alkanes of at least 4 members (excludes halogenated alkanes) is 1. The molecule has 1 aliphatic rings. The van der Waals surface area contributed by atoms with Crippen LogP contribution in [0.4, 0.5) is 0 Å². The predicted octanol–water partition coefficient (Wildman–Crippen LogP) is 3.71. The van der Waals surface area contributed by atoms with Crippen LogP contribution in [0.2, 0.25) is 0 Å². The second kappa shape index (κ2) is 9.73. The molecule has 3 atom stereocenters. The Morgan fingerprint density at radius 1 is 1.28 bits per heavy atom. The lowest BCUT2D eigenvalue weighted by Crippen LogP contribution is -2.37. The average molecular weight is 346 g/mol. The van der Waals surface area contributed by atoms with Crippen molar-refractivity contribution in [1.82, 2.24) is 0 Å². The monoisotopic (exact) mass is 346 g/mol. The Morgan fingerprint density at radius 2 is 2.04 bits per heavy atom. The van der Waals surface area contributed by atoms with Gasteiger partial charge in [0.2, 0.25) is 0 Å². The molecule has 0 spiro atoms. The molecule has 1 aromatic carbocycles. The molecule has 4 heteroatoms. The summed E-state index contributed by atoms with van der Waals surface area (Å²) >= 11 is 0. The van der Waals surface area contributed by atoms with Gasteiger partial charge in [-0.2, -0.15) is 0 Å². The van der Waals surface area contributed by atoms with E-state index >= 15 is 0 Å². The predicted molar refractivity (Wildman–Crippen MR) is 98.3 cm³/mol. The van der Waals surface area contributed by atoms with Crippen molar-refractivity contribution in [2.24, 2.45) is 5.92 Å². The molecule has 1 saturated carbocycles. The molecular formula is C21H30O4. The zero-order chi connectivity index (χ0) is 18.1. The van der Waals surface area contributed by atoms with Crippen molar-refractivity contribution < 1.29 is 20.1 Å². The highest BCUT2D eigenvalue weighted by Crippen LogP contribution is 2.35. The largest absolute Gasteiger partial charge is 0.481 e. The Balaban J connectivity index is 1.68. The SMILES string of the molecule is O=C(O)C[C@]1(O)CCC[C@H](/C=C/C(O)CCCCc2ccccc2)C1. The van der Waals surface area contributed by atoms with Crippen molar-refractivity contribution in [1.29, 1.82) is 0 Å². The number of aryl methyl sites for hydroxylation is 1. The highest BCUT2D eigenvalue weighted by molar-refractivity contribution is 5.68. The first-order chi connectivity index (χ1) is 12.0. The normalized spacial score (nSPS) is 25.1. The Morgan fingerprint density at radius 3 is 2.76 bits per heavy atom. The minimum Gasteiger partial charge on any atom is -0.481 e. The van der Waals surface area contributed by atoms with E-state index in [1.807, 2.05) is 30.4 Å². The maximum atomic E-state index is 10.9. The molecule has 1 aromatic rings. The number of aliphatic carboxylic acids is 1. The highest BCUT2D eigenvalue weighted by atomic mass is 16.4. The van der Waals surface area contributed by atoms with E-state index in [2.05, 4.69) is 12.1 Å². The van der Waals surface area contributed by atoms with Crippen LogP contribution >= 0.6 is 0 Å². The van der Waals surface area contributed by atoms with Crippen molar-refractivity contribution in [3.05, 3.63) is 48.0 Å². The third-order valence-electron chi connectivity index (χ3n) is 5.00. The summed E-state index contributed by atoms with van der Waals surface area (Å²) in [5, 5.41) is 29.4. The summed E-state index contributed by atoms with van der Waals surface area (Å²) in [5.74, 6) is -0.803. The van der Waals surface area contributed by atoms with Gasteiger partial charge in [-0.25, -0.2) is 0 Å². The van der Waals surface area contributed by atoms with Crippen LogP contribution < -0.4 is 0 Å². The van der Waals surface area contributed by atoms with Crippen molar-refractivity contribution in [2.75, 3.05) is 0 Å². The minimum absolute atomic E-state index is 0.150. The molecule has 1 unspecified atom stereocenters.